The molecule has 118 valence electrons. The molecular weight excluding hydrogens is 292 g/mol. The molecule has 0 unspecified atom stereocenters. The van der Waals surface area contributed by atoms with Gasteiger partial charge in [0.05, 0.1) is 17.9 Å². The number of aryl methyl sites for hydroxylation is 1. The highest BCUT2D eigenvalue weighted by Crippen LogP contribution is 2.31. The third-order valence-electron chi connectivity index (χ3n) is 4.36. The second-order valence-electron chi connectivity index (χ2n) is 6.03. The number of benzene rings is 3. The maximum Gasteiger partial charge on any atom is 0.0660 e. The largest absolute Gasteiger partial charge is 0.277 e. The summed E-state index contributed by atoms with van der Waals surface area (Å²) < 4.78 is 0. The van der Waals surface area contributed by atoms with E-state index >= 15 is 0 Å². The molecular formula is C22H20N2. The zero-order chi connectivity index (χ0) is 16.4. The van der Waals surface area contributed by atoms with Gasteiger partial charge in [-0.3, -0.25) is 10.0 Å². The van der Waals surface area contributed by atoms with Crippen LogP contribution in [0.2, 0.25) is 0 Å². The summed E-state index contributed by atoms with van der Waals surface area (Å²) in [5, 5.41) is 7.06. The Kier molecular flexibility index (Phi) is 3.80. The molecule has 0 amide bonds. The minimum atomic E-state index is 0.828. The lowest BCUT2D eigenvalue weighted by Gasteiger charge is -2.35. The van der Waals surface area contributed by atoms with Crippen LogP contribution in [0, 0.1) is 6.92 Å². The van der Waals surface area contributed by atoms with Gasteiger partial charge in [-0.05, 0) is 36.6 Å². The van der Waals surface area contributed by atoms with Crippen LogP contribution < -0.4 is 10.0 Å². The molecule has 0 saturated carbocycles. The number of allylic oxidation sites excluding steroid dienone is 2. The number of nitrogens with zero attached hydrogens (tertiary/aromatic N) is 2. The Labute approximate surface area is 142 Å². The maximum atomic E-state index is 2.31. The molecule has 3 aromatic rings. The predicted octanol–water partition coefficient (Wildman–Crippen LogP) is 5.46. The fourth-order valence-corrected chi connectivity index (χ4v) is 3.11. The minimum absolute atomic E-state index is 0.828. The number of fused-ring (bicyclic) bond motifs is 1. The summed E-state index contributed by atoms with van der Waals surface area (Å²) in [7, 11) is 0. The lowest BCUT2D eigenvalue weighted by atomic mass is 10.1. The van der Waals surface area contributed by atoms with Gasteiger partial charge in [0.25, 0.3) is 0 Å². The van der Waals surface area contributed by atoms with E-state index < -0.39 is 0 Å². The molecule has 4 rings (SSSR count). The van der Waals surface area contributed by atoms with Gasteiger partial charge in [0.2, 0.25) is 0 Å². The fraction of sp³-hybridized carbons (Fsp3) is 0.0909. The van der Waals surface area contributed by atoms with Crippen molar-refractivity contribution in [3.63, 3.8) is 0 Å². The van der Waals surface area contributed by atoms with Crippen LogP contribution in [-0.2, 0) is 0 Å². The molecule has 0 spiro atoms. The molecule has 3 aromatic carbocycles. The Morgan fingerprint density at radius 1 is 0.792 bits per heavy atom. The van der Waals surface area contributed by atoms with Gasteiger partial charge in [-0.25, -0.2) is 0 Å². The van der Waals surface area contributed by atoms with Gasteiger partial charge in [0.15, 0.2) is 0 Å². The summed E-state index contributed by atoms with van der Waals surface area (Å²) in [6.07, 6.45) is 8.50. The van der Waals surface area contributed by atoms with E-state index in [1.807, 2.05) is 0 Å². The van der Waals surface area contributed by atoms with Crippen LogP contribution in [-0.4, -0.2) is 6.54 Å². The summed E-state index contributed by atoms with van der Waals surface area (Å²) in [5.41, 5.74) is 3.64. The van der Waals surface area contributed by atoms with Crippen LogP contribution in [0.15, 0.2) is 91.2 Å². The van der Waals surface area contributed by atoms with Crippen molar-refractivity contribution in [1.82, 2.24) is 0 Å². The van der Waals surface area contributed by atoms with Gasteiger partial charge >= 0.3 is 0 Å². The summed E-state index contributed by atoms with van der Waals surface area (Å²) in [4.78, 5) is 0. The third-order valence-corrected chi connectivity index (χ3v) is 4.36. The number of hydrogen-bond donors (Lipinski definition) is 0. The van der Waals surface area contributed by atoms with Crippen molar-refractivity contribution in [3.8, 4) is 0 Å². The van der Waals surface area contributed by atoms with Crippen LogP contribution in [0.25, 0.3) is 10.8 Å². The van der Waals surface area contributed by atoms with Crippen LogP contribution in [0.4, 0.5) is 11.4 Å². The Morgan fingerprint density at radius 3 is 2.46 bits per heavy atom. The van der Waals surface area contributed by atoms with E-state index in [-0.39, 0.29) is 0 Å². The van der Waals surface area contributed by atoms with E-state index in [0.29, 0.717) is 0 Å². The zero-order valence-corrected chi connectivity index (χ0v) is 13.8. The van der Waals surface area contributed by atoms with E-state index in [4.69, 9.17) is 0 Å². The van der Waals surface area contributed by atoms with Gasteiger partial charge in [0, 0.05) is 11.6 Å². The Bertz CT molecular complexity index is 901. The number of hydrazine groups is 1. The molecule has 0 aliphatic carbocycles. The van der Waals surface area contributed by atoms with Crippen molar-refractivity contribution in [2.75, 3.05) is 16.6 Å². The fourth-order valence-electron chi connectivity index (χ4n) is 3.11. The zero-order valence-electron chi connectivity index (χ0n) is 13.8. The average molecular weight is 312 g/mol. The SMILES string of the molecule is Cc1ccc(N2C=CC=CCN2c2cccc3ccccc23)cc1. The molecule has 1 heterocycles. The third kappa shape index (κ3) is 2.67. The van der Waals surface area contributed by atoms with Crippen LogP contribution in [0.1, 0.15) is 5.56 Å². The van der Waals surface area contributed by atoms with Crippen molar-refractivity contribution in [2.45, 2.75) is 6.92 Å². The lowest BCUT2D eigenvalue weighted by Crippen LogP contribution is -2.39. The second-order valence-corrected chi connectivity index (χ2v) is 6.03. The van der Waals surface area contributed by atoms with Gasteiger partial charge in [0.1, 0.15) is 0 Å². The minimum Gasteiger partial charge on any atom is -0.277 e. The van der Waals surface area contributed by atoms with Crippen molar-refractivity contribution in [1.29, 1.82) is 0 Å². The Balaban J connectivity index is 1.84. The molecule has 1 aliphatic rings. The molecule has 0 atom stereocenters. The first-order chi connectivity index (χ1) is 11.8. The monoisotopic (exact) mass is 312 g/mol. The topological polar surface area (TPSA) is 6.48 Å². The lowest BCUT2D eigenvalue weighted by molar-refractivity contribution is 0.884. The molecule has 1 aliphatic heterocycles. The summed E-state index contributed by atoms with van der Waals surface area (Å²) >= 11 is 0. The Hall–Kier alpha value is -3.00. The molecule has 0 radical (unpaired) electrons. The summed E-state index contributed by atoms with van der Waals surface area (Å²) in [6.45, 7) is 2.95. The van der Waals surface area contributed by atoms with Crippen LogP contribution in [0.3, 0.4) is 0 Å². The van der Waals surface area contributed by atoms with Gasteiger partial charge < -0.3 is 0 Å². The highest BCUT2D eigenvalue weighted by molar-refractivity contribution is 5.95. The first-order valence-corrected chi connectivity index (χ1v) is 8.27. The molecule has 0 N–H and O–H groups in total. The van der Waals surface area contributed by atoms with E-state index in [9.17, 15) is 0 Å². The molecule has 0 fully saturated rings. The van der Waals surface area contributed by atoms with Crippen molar-refractivity contribution in [3.05, 3.63) is 96.7 Å². The van der Waals surface area contributed by atoms with Crippen molar-refractivity contribution < 1.29 is 0 Å². The highest BCUT2D eigenvalue weighted by atomic mass is 15.6. The number of anilines is 2. The molecule has 2 nitrogen and oxygen atoms in total. The van der Waals surface area contributed by atoms with Crippen LogP contribution in [0.5, 0.6) is 0 Å². The van der Waals surface area contributed by atoms with E-state index in [2.05, 4.69) is 108 Å². The van der Waals surface area contributed by atoms with Gasteiger partial charge in [-0.1, -0.05) is 66.2 Å². The maximum absolute atomic E-state index is 2.31. The number of rotatable bonds is 2. The average Bonchev–Trinajstić information content (AvgIpc) is 2.88. The molecule has 24 heavy (non-hydrogen) atoms. The van der Waals surface area contributed by atoms with E-state index in [0.717, 1.165) is 12.2 Å². The Morgan fingerprint density at radius 2 is 1.58 bits per heavy atom. The molecule has 0 aromatic heterocycles. The van der Waals surface area contributed by atoms with Crippen molar-refractivity contribution in [2.24, 2.45) is 0 Å². The summed E-state index contributed by atoms with van der Waals surface area (Å²) in [5.74, 6) is 0. The van der Waals surface area contributed by atoms with Gasteiger partial charge in [-0.15, -0.1) is 0 Å². The quantitative estimate of drug-likeness (QED) is 0.620. The molecule has 0 saturated heterocycles. The van der Waals surface area contributed by atoms with E-state index in [1.54, 1.807) is 0 Å². The first-order valence-electron chi connectivity index (χ1n) is 8.27. The normalized spacial score (nSPS) is 14.2. The molecule has 2 heteroatoms. The summed E-state index contributed by atoms with van der Waals surface area (Å²) in [6, 6.07) is 23.7. The van der Waals surface area contributed by atoms with Crippen molar-refractivity contribution >= 4 is 22.1 Å². The van der Waals surface area contributed by atoms with E-state index in [1.165, 1.54) is 22.0 Å². The van der Waals surface area contributed by atoms with Gasteiger partial charge in [-0.2, -0.15) is 0 Å². The van der Waals surface area contributed by atoms with Crippen LogP contribution >= 0.6 is 0 Å². The first kappa shape index (κ1) is 14.6. The standard InChI is InChI=1S/C22H20N2/c1-18-12-14-20(15-13-18)23-16-5-2-6-17-24(23)22-11-7-9-19-8-3-4-10-21(19)22/h2-16H,17H2,1H3. The predicted molar refractivity (Wildman–Crippen MR) is 103 cm³/mol. The second kappa shape index (κ2) is 6.25. The number of hydrogen-bond acceptors (Lipinski definition) is 2. The smallest absolute Gasteiger partial charge is 0.0660 e. The highest BCUT2D eigenvalue weighted by Gasteiger charge is 2.17. The molecule has 0 bridgehead atoms.